The van der Waals surface area contributed by atoms with E-state index in [1.807, 2.05) is 20.8 Å². The first-order valence-corrected chi connectivity index (χ1v) is 9.94. The Morgan fingerprint density at radius 1 is 1.33 bits per heavy atom. The Kier molecular flexibility index (Phi) is 6.97. The number of halogens is 1. The lowest BCUT2D eigenvalue weighted by Crippen LogP contribution is -2.51. The molecule has 8 nitrogen and oxygen atoms in total. The topological polar surface area (TPSA) is 106 Å². The van der Waals surface area contributed by atoms with Crippen LogP contribution in [-0.4, -0.2) is 63.4 Å². The lowest BCUT2D eigenvalue weighted by Gasteiger charge is -2.35. The lowest BCUT2D eigenvalue weighted by atomic mass is 10.0. The minimum absolute atomic E-state index is 0.0155. The molecule has 0 radical (unpaired) electrons. The van der Waals surface area contributed by atoms with Crippen LogP contribution in [0.5, 0.6) is 11.6 Å². The molecule has 1 fully saturated rings. The van der Waals surface area contributed by atoms with Crippen LogP contribution in [0.15, 0.2) is 18.2 Å². The number of ether oxygens (including phenoxy) is 3. The molecular weight excluding hydrogens is 395 g/mol. The molecule has 3 N–H and O–H groups in total. The molecule has 2 aromatic rings. The normalized spacial score (nSPS) is 24.3. The van der Waals surface area contributed by atoms with Gasteiger partial charge in [0.25, 0.3) is 0 Å². The van der Waals surface area contributed by atoms with Crippen molar-refractivity contribution >= 4 is 0 Å². The zero-order valence-electron chi connectivity index (χ0n) is 17.6. The molecule has 2 heterocycles. The average Bonchev–Trinajstić information content (AvgIpc) is 3.01. The van der Waals surface area contributed by atoms with Gasteiger partial charge in [-0.15, -0.1) is 5.10 Å². The summed E-state index contributed by atoms with van der Waals surface area (Å²) in [5.74, 6) is 0.298. The summed E-state index contributed by atoms with van der Waals surface area (Å²) in [6, 6.07) is 4.72. The van der Waals surface area contributed by atoms with Crippen LogP contribution in [0.25, 0.3) is 0 Å². The Morgan fingerprint density at radius 3 is 2.67 bits per heavy atom. The fourth-order valence-corrected chi connectivity index (χ4v) is 3.58. The van der Waals surface area contributed by atoms with E-state index in [-0.39, 0.29) is 24.8 Å². The second kappa shape index (κ2) is 9.30. The molecular formula is C21H29FN2O6. The van der Waals surface area contributed by atoms with Gasteiger partial charge in [0, 0.05) is 36.2 Å². The SMILES string of the molecule is COc1ccc(Cc2c(O[C@H]3C[C@@H](O)[C@H](O)[C@@H](CO)O3)nn(C(C)C)c2C)c(F)c1. The summed E-state index contributed by atoms with van der Waals surface area (Å²) in [4.78, 5) is 0. The third kappa shape index (κ3) is 4.59. The van der Waals surface area contributed by atoms with Gasteiger partial charge in [-0.2, -0.15) is 0 Å². The highest BCUT2D eigenvalue weighted by atomic mass is 19.1. The van der Waals surface area contributed by atoms with Crippen molar-refractivity contribution < 1.29 is 33.9 Å². The molecule has 0 spiro atoms. The van der Waals surface area contributed by atoms with E-state index in [2.05, 4.69) is 5.10 Å². The maximum Gasteiger partial charge on any atom is 0.238 e. The number of hydrogen-bond acceptors (Lipinski definition) is 7. The van der Waals surface area contributed by atoms with Crippen LogP contribution in [0.2, 0.25) is 0 Å². The third-order valence-corrected chi connectivity index (χ3v) is 5.31. The highest BCUT2D eigenvalue weighted by molar-refractivity contribution is 5.39. The van der Waals surface area contributed by atoms with Crippen molar-refractivity contribution in [3.05, 3.63) is 40.8 Å². The Morgan fingerprint density at radius 2 is 2.07 bits per heavy atom. The van der Waals surface area contributed by atoms with Crippen molar-refractivity contribution in [1.29, 1.82) is 0 Å². The molecule has 4 atom stereocenters. The molecule has 3 rings (SSSR count). The Labute approximate surface area is 174 Å². The van der Waals surface area contributed by atoms with E-state index in [1.165, 1.54) is 13.2 Å². The van der Waals surface area contributed by atoms with Crippen LogP contribution in [0, 0.1) is 12.7 Å². The van der Waals surface area contributed by atoms with Crippen molar-refractivity contribution in [3.63, 3.8) is 0 Å². The fraction of sp³-hybridized carbons (Fsp3) is 0.571. The second-order valence-electron chi connectivity index (χ2n) is 7.74. The molecule has 1 aliphatic heterocycles. The highest BCUT2D eigenvalue weighted by Gasteiger charge is 2.38. The quantitative estimate of drug-likeness (QED) is 0.621. The minimum Gasteiger partial charge on any atom is -0.497 e. The van der Waals surface area contributed by atoms with Crippen molar-refractivity contribution in [1.82, 2.24) is 9.78 Å². The smallest absolute Gasteiger partial charge is 0.238 e. The molecule has 9 heteroatoms. The largest absolute Gasteiger partial charge is 0.497 e. The van der Waals surface area contributed by atoms with Crippen LogP contribution in [-0.2, 0) is 11.2 Å². The summed E-state index contributed by atoms with van der Waals surface area (Å²) in [6.45, 7) is 5.37. The molecule has 0 saturated carbocycles. The van der Waals surface area contributed by atoms with Crippen molar-refractivity contribution in [2.24, 2.45) is 0 Å². The van der Waals surface area contributed by atoms with Crippen LogP contribution in [0.1, 0.15) is 43.1 Å². The maximum atomic E-state index is 14.5. The minimum atomic E-state index is -1.20. The molecule has 0 amide bonds. The van der Waals surface area contributed by atoms with Gasteiger partial charge < -0.3 is 29.5 Å². The van der Waals surface area contributed by atoms with E-state index in [0.29, 0.717) is 16.9 Å². The van der Waals surface area contributed by atoms with Gasteiger partial charge in [-0.25, -0.2) is 4.39 Å². The summed E-state index contributed by atoms with van der Waals surface area (Å²) in [6.07, 6.45) is -3.91. The van der Waals surface area contributed by atoms with Gasteiger partial charge in [-0.1, -0.05) is 6.07 Å². The van der Waals surface area contributed by atoms with E-state index >= 15 is 0 Å². The standard InChI is InChI=1S/C21H29FN2O6/c1-11(2)24-12(3)15(7-13-5-6-14(28-4)8-16(13)22)21(23-24)30-19-9-17(26)20(27)18(10-25)29-19/h5-6,8,11,17-20,25-27H,7,9-10H2,1-4H3/t17-,18-,19+,20+/m1/s1. The van der Waals surface area contributed by atoms with E-state index in [1.54, 1.807) is 16.8 Å². The van der Waals surface area contributed by atoms with Crippen molar-refractivity contribution in [2.45, 2.75) is 64.3 Å². The number of benzene rings is 1. The number of methoxy groups -OCH3 is 1. The first-order valence-electron chi connectivity index (χ1n) is 9.94. The zero-order chi connectivity index (χ0) is 22.0. The van der Waals surface area contributed by atoms with Gasteiger partial charge in [-0.3, -0.25) is 4.68 Å². The number of nitrogens with zero attached hydrogens (tertiary/aromatic N) is 2. The number of hydrogen-bond donors (Lipinski definition) is 3. The lowest BCUT2D eigenvalue weighted by molar-refractivity contribution is -0.230. The Bertz CT molecular complexity index is 871. The predicted octanol–water partition coefficient (Wildman–Crippen LogP) is 1.72. The summed E-state index contributed by atoms with van der Waals surface area (Å²) in [5, 5.41) is 33.9. The number of rotatable bonds is 7. The fourth-order valence-electron chi connectivity index (χ4n) is 3.58. The molecule has 30 heavy (non-hydrogen) atoms. The zero-order valence-corrected chi connectivity index (χ0v) is 17.6. The van der Waals surface area contributed by atoms with E-state index in [9.17, 15) is 19.7 Å². The number of aromatic nitrogens is 2. The molecule has 1 saturated heterocycles. The summed E-state index contributed by atoms with van der Waals surface area (Å²) in [7, 11) is 1.48. The van der Waals surface area contributed by atoms with Gasteiger partial charge >= 0.3 is 0 Å². The molecule has 1 aromatic heterocycles. The van der Waals surface area contributed by atoms with E-state index in [4.69, 9.17) is 14.2 Å². The molecule has 1 aromatic carbocycles. The number of aliphatic hydroxyl groups excluding tert-OH is 3. The highest BCUT2D eigenvalue weighted by Crippen LogP contribution is 2.31. The van der Waals surface area contributed by atoms with Crippen LogP contribution < -0.4 is 9.47 Å². The van der Waals surface area contributed by atoms with Gasteiger partial charge in [0.2, 0.25) is 12.2 Å². The summed E-state index contributed by atoms with van der Waals surface area (Å²) in [5.41, 5.74) is 1.98. The van der Waals surface area contributed by atoms with Gasteiger partial charge in [0.1, 0.15) is 23.8 Å². The van der Waals surface area contributed by atoms with Gasteiger partial charge in [0.05, 0.1) is 19.8 Å². The molecule has 0 aliphatic carbocycles. The second-order valence-corrected chi connectivity index (χ2v) is 7.74. The first kappa shape index (κ1) is 22.5. The van der Waals surface area contributed by atoms with Crippen molar-refractivity contribution in [3.8, 4) is 11.6 Å². The van der Waals surface area contributed by atoms with Crippen LogP contribution >= 0.6 is 0 Å². The van der Waals surface area contributed by atoms with Crippen molar-refractivity contribution in [2.75, 3.05) is 13.7 Å². The summed E-state index contributed by atoms with van der Waals surface area (Å²) >= 11 is 0. The Hall–Kier alpha value is -2.20. The molecule has 166 valence electrons. The van der Waals surface area contributed by atoms with Crippen LogP contribution in [0.3, 0.4) is 0 Å². The van der Waals surface area contributed by atoms with E-state index < -0.39 is 37.0 Å². The Balaban J connectivity index is 1.90. The van der Waals surface area contributed by atoms with Crippen LogP contribution in [0.4, 0.5) is 4.39 Å². The number of aliphatic hydroxyl groups is 3. The molecule has 1 aliphatic rings. The third-order valence-electron chi connectivity index (χ3n) is 5.31. The molecule has 0 bridgehead atoms. The predicted molar refractivity (Wildman–Crippen MR) is 106 cm³/mol. The average molecular weight is 424 g/mol. The van der Waals surface area contributed by atoms with Gasteiger partial charge in [-0.05, 0) is 32.4 Å². The van der Waals surface area contributed by atoms with E-state index in [0.717, 1.165) is 5.69 Å². The summed E-state index contributed by atoms with van der Waals surface area (Å²) < 4.78 is 32.9. The monoisotopic (exact) mass is 424 g/mol. The molecule has 0 unspecified atom stereocenters. The first-order chi connectivity index (χ1) is 14.2. The van der Waals surface area contributed by atoms with Gasteiger partial charge in [0.15, 0.2) is 0 Å². The maximum absolute atomic E-state index is 14.5.